The van der Waals surface area contributed by atoms with Gasteiger partial charge in [0.25, 0.3) is 0 Å². The first kappa shape index (κ1) is 16.0. The van der Waals surface area contributed by atoms with Crippen molar-refractivity contribution in [3.05, 3.63) is 16.1 Å². The molecule has 0 unspecified atom stereocenters. The van der Waals surface area contributed by atoms with E-state index in [-0.39, 0.29) is 0 Å². The van der Waals surface area contributed by atoms with E-state index in [9.17, 15) is 0 Å². The van der Waals surface area contributed by atoms with E-state index in [0.717, 1.165) is 24.1 Å². The molecule has 0 aromatic carbocycles. The summed E-state index contributed by atoms with van der Waals surface area (Å²) in [5.74, 6) is 1.60. The van der Waals surface area contributed by atoms with Gasteiger partial charge in [0.1, 0.15) is 5.01 Å². The SMILES string of the molecule is CCNC(=NCc1ncc(C)s1)NCC(CC)CC. The van der Waals surface area contributed by atoms with Gasteiger partial charge in [-0.25, -0.2) is 9.98 Å². The maximum Gasteiger partial charge on any atom is 0.191 e. The summed E-state index contributed by atoms with van der Waals surface area (Å²) in [6.45, 7) is 11.1. The third kappa shape index (κ3) is 6.05. The molecule has 0 spiro atoms. The minimum atomic E-state index is 0.650. The summed E-state index contributed by atoms with van der Waals surface area (Å²) in [6, 6.07) is 0. The molecular weight excluding hydrogens is 256 g/mol. The minimum Gasteiger partial charge on any atom is -0.357 e. The van der Waals surface area contributed by atoms with Crippen LogP contribution in [0, 0.1) is 12.8 Å². The zero-order valence-corrected chi connectivity index (χ0v) is 13.3. The van der Waals surface area contributed by atoms with E-state index in [1.54, 1.807) is 11.3 Å². The number of aliphatic imine (C=N–C) groups is 1. The van der Waals surface area contributed by atoms with Gasteiger partial charge in [-0.15, -0.1) is 11.3 Å². The van der Waals surface area contributed by atoms with E-state index in [4.69, 9.17) is 0 Å². The lowest BCUT2D eigenvalue weighted by atomic mass is 10.0. The van der Waals surface area contributed by atoms with Gasteiger partial charge in [-0.2, -0.15) is 0 Å². The minimum absolute atomic E-state index is 0.650. The standard InChI is InChI=1S/C14H26N4S/c1-5-12(6-2)9-17-14(15-7-3)18-10-13-16-8-11(4)19-13/h8,12H,5-7,9-10H2,1-4H3,(H2,15,17,18). The van der Waals surface area contributed by atoms with Crippen molar-refractivity contribution in [1.29, 1.82) is 0 Å². The summed E-state index contributed by atoms with van der Waals surface area (Å²) in [4.78, 5) is 10.1. The monoisotopic (exact) mass is 282 g/mol. The lowest BCUT2D eigenvalue weighted by molar-refractivity contribution is 0.481. The fourth-order valence-corrected chi connectivity index (χ4v) is 2.49. The van der Waals surface area contributed by atoms with E-state index in [1.165, 1.54) is 17.7 Å². The average molecular weight is 282 g/mol. The molecular formula is C14H26N4S. The highest BCUT2D eigenvalue weighted by molar-refractivity contribution is 7.11. The molecule has 1 aromatic rings. The van der Waals surface area contributed by atoms with Gasteiger partial charge in [0.05, 0.1) is 6.54 Å². The Bertz CT molecular complexity index is 383. The summed E-state index contributed by atoms with van der Waals surface area (Å²) in [5.41, 5.74) is 0. The number of aromatic nitrogens is 1. The van der Waals surface area contributed by atoms with Gasteiger partial charge >= 0.3 is 0 Å². The van der Waals surface area contributed by atoms with Crippen LogP contribution in [0.1, 0.15) is 43.5 Å². The predicted molar refractivity (Wildman–Crippen MR) is 83.7 cm³/mol. The first-order valence-electron chi connectivity index (χ1n) is 7.13. The molecule has 0 fully saturated rings. The number of nitrogens with one attached hydrogen (secondary N) is 2. The second-order valence-corrected chi connectivity index (χ2v) is 5.94. The van der Waals surface area contributed by atoms with Crippen molar-refractivity contribution < 1.29 is 0 Å². The van der Waals surface area contributed by atoms with Crippen LogP contribution in [0.3, 0.4) is 0 Å². The third-order valence-corrected chi connectivity index (χ3v) is 4.00. The number of thiazole rings is 1. The summed E-state index contributed by atoms with van der Waals surface area (Å²) >= 11 is 1.71. The second kappa shape index (κ2) is 8.91. The largest absolute Gasteiger partial charge is 0.357 e. The molecule has 5 heteroatoms. The molecule has 2 N–H and O–H groups in total. The Labute approximate surface area is 120 Å². The van der Waals surface area contributed by atoms with Gasteiger partial charge in [0, 0.05) is 24.2 Å². The van der Waals surface area contributed by atoms with Crippen LogP contribution in [0.4, 0.5) is 0 Å². The smallest absolute Gasteiger partial charge is 0.191 e. The van der Waals surface area contributed by atoms with Gasteiger partial charge in [0.2, 0.25) is 0 Å². The van der Waals surface area contributed by atoms with E-state index in [2.05, 4.69) is 48.3 Å². The van der Waals surface area contributed by atoms with Crippen LogP contribution in [0.5, 0.6) is 0 Å². The molecule has 1 rings (SSSR count). The first-order chi connectivity index (χ1) is 9.19. The molecule has 0 radical (unpaired) electrons. The molecule has 0 atom stereocenters. The molecule has 0 saturated carbocycles. The van der Waals surface area contributed by atoms with Gasteiger partial charge in [0.15, 0.2) is 5.96 Å². The summed E-state index contributed by atoms with van der Waals surface area (Å²) in [5, 5.41) is 7.76. The van der Waals surface area contributed by atoms with Crippen LogP contribution in [-0.4, -0.2) is 24.0 Å². The van der Waals surface area contributed by atoms with Crippen LogP contribution in [0.2, 0.25) is 0 Å². The first-order valence-corrected chi connectivity index (χ1v) is 7.94. The molecule has 0 saturated heterocycles. The van der Waals surface area contributed by atoms with Gasteiger partial charge in [-0.1, -0.05) is 26.7 Å². The Morgan fingerprint density at radius 2 is 2.05 bits per heavy atom. The predicted octanol–water partition coefficient (Wildman–Crippen LogP) is 2.94. The molecule has 0 aliphatic carbocycles. The Balaban J connectivity index is 2.50. The molecule has 0 aliphatic rings. The highest BCUT2D eigenvalue weighted by Gasteiger charge is 2.05. The average Bonchev–Trinajstić information content (AvgIpc) is 2.82. The van der Waals surface area contributed by atoms with Gasteiger partial charge in [-0.05, 0) is 19.8 Å². The van der Waals surface area contributed by atoms with Gasteiger partial charge in [-0.3, -0.25) is 0 Å². The fourth-order valence-electron chi connectivity index (χ4n) is 1.78. The number of rotatable bonds is 7. The number of aryl methyl sites for hydroxylation is 1. The van der Waals surface area contributed by atoms with Crippen molar-refractivity contribution in [3.63, 3.8) is 0 Å². The Morgan fingerprint density at radius 3 is 2.58 bits per heavy atom. The number of hydrogen-bond donors (Lipinski definition) is 2. The molecule has 0 bridgehead atoms. The second-order valence-electron chi connectivity index (χ2n) is 4.62. The van der Waals surface area contributed by atoms with E-state index < -0.39 is 0 Å². The highest BCUT2D eigenvalue weighted by Crippen LogP contribution is 2.11. The van der Waals surface area contributed by atoms with Crippen molar-refractivity contribution >= 4 is 17.3 Å². The molecule has 1 heterocycles. The summed E-state index contributed by atoms with van der Waals surface area (Å²) in [7, 11) is 0. The fraction of sp³-hybridized carbons (Fsp3) is 0.714. The van der Waals surface area contributed by atoms with Crippen molar-refractivity contribution in [3.8, 4) is 0 Å². The molecule has 19 heavy (non-hydrogen) atoms. The van der Waals surface area contributed by atoms with E-state index in [1.807, 2.05) is 6.20 Å². The van der Waals surface area contributed by atoms with E-state index in [0.29, 0.717) is 12.5 Å². The van der Waals surface area contributed by atoms with Crippen molar-refractivity contribution in [2.75, 3.05) is 13.1 Å². The van der Waals surface area contributed by atoms with Crippen molar-refractivity contribution in [2.24, 2.45) is 10.9 Å². The highest BCUT2D eigenvalue weighted by atomic mass is 32.1. The van der Waals surface area contributed by atoms with Gasteiger partial charge < -0.3 is 10.6 Å². The molecule has 108 valence electrons. The normalized spacial score (nSPS) is 11.9. The zero-order chi connectivity index (χ0) is 14.1. The molecule has 4 nitrogen and oxygen atoms in total. The number of hydrogen-bond acceptors (Lipinski definition) is 3. The summed E-state index contributed by atoms with van der Waals surface area (Å²) < 4.78 is 0. The number of nitrogens with zero attached hydrogens (tertiary/aromatic N) is 2. The zero-order valence-electron chi connectivity index (χ0n) is 12.5. The van der Waals surface area contributed by atoms with E-state index >= 15 is 0 Å². The van der Waals surface area contributed by atoms with Crippen molar-refractivity contribution in [1.82, 2.24) is 15.6 Å². The third-order valence-electron chi connectivity index (χ3n) is 3.10. The Hall–Kier alpha value is -1.10. The maximum atomic E-state index is 4.58. The number of guanidine groups is 1. The lowest BCUT2D eigenvalue weighted by Gasteiger charge is -2.16. The van der Waals surface area contributed by atoms with Crippen LogP contribution in [-0.2, 0) is 6.54 Å². The topological polar surface area (TPSA) is 49.3 Å². The molecule has 0 amide bonds. The van der Waals surface area contributed by atoms with Crippen molar-refractivity contribution in [2.45, 2.75) is 47.1 Å². The van der Waals surface area contributed by atoms with Crippen LogP contribution >= 0.6 is 11.3 Å². The van der Waals surface area contributed by atoms with Crippen LogP contribution in [0.25, 0.3) is 0 Å². The maximum absolute atomic E-state index is 4.58. The summed E-state index contributed by atoms with van der Waals surface area (Å²) in [6.07, 6.45) is 4.31. The Morgan fingerprint density at radius 1 is 1.32 bits per heavy atom. The molecule has 1 aromatic heterocycles. The Kier molecular flexibility index (Phi) is 7.48. The lowest BCUT2D eigenvalue weighted by Crippen LogP contribution is -2.39. The quantitative estimate of drug-likeness (QED) is 0.597. The molecule has 0 aliphatic heterocycles. The van der Waals surface area contributed by atoms with Crippen LogP contribution in [0.15, 0.2) is 11.2 Å². The van der Waals surface area contributed by atoms with Crippen LogP contribution < -0.4 is 10.6 Å².